The van der Waals surface area contributed by atoms with Crippen LogP contribution >= 0.6 is 15.9 Å². The Kier molecular flexibility index (Phi) is 14.4. The van der Waals surface area contributed by atoms with Crippen molar-refractivity contribution >= 4 is 41.9 Å². The number of ether oxygens (including phenoxy) is 3. The molecule has 0 bridgehead atoms. The van der Waals surface area contributed by atoms with Crippen LogP contribution < -0.4 is 4.90 Å². The molecule has 51 heavy (non-hydrogen) atoms. The molecule has 1 aromatic heterocycles. The summed E-state index contributed by atoms with van der Waals surface area (Å²) < 4.78 is 31.8. The summed E-state index contributed by atoms with van der Waals surface area (Å²) in [6, 6.07) is 8.68. The molecule has 0 N–H and O–H groups in total. The molecule has 0 aliphatic carbocycles. The number of imide groups is 1. The zero-order valence-electron chi connectivity index (χ0n) is 31.9. The number of alkyl halides is 1. The van der Waals surface area contributed by atoms with Crippen LogP contribution in [0.2, 0.25) is 16.6 Å². The number of para-hydroxylation sites is 1. The minimum absolute atomic E-state index is 0.0220. The zero-order valence-corrected chi connectivity index (χ0v) is 34.5. The fourth-order valence-electron chi connectivity index (χ4n) is 7.78. The minimum Gasteiger partial charge on any atom is -0.448 e. The van der Waals surface area contributed by atoms with Gasteiger partial charge in [-0.1, -0.05) is 93.7 Å². The van der Waals surface area contributed by atoms with Gasteiger partial charge in [0.1, 0.15) is 23.7 Å². The van der Waals surface area contributed by atoms with Gasteiger partial charge in [-0.2, -0.15) is 0 Å². The summed E-state index contributed by atoms with van der Waals surface area (Å²) in [5, 5.41) is 0.534. The number of hydrogen-bond donors (Lipinski definition) is 0. The lowest BCUT2D eigenvalue weighted by atomic mass is 9.91. The first kappa shape index (κ1) is 41.0. The highest BCUT2D eigenvalue weighted by Crippen LogP contribution is 2.46. The van der Waals surface area contributed by atoms with Crippen LogP contribution in [0.5, 0.6) is 0 Å². The average molecular weight is 786 g/mol. The average Bonchev–Trinajstić information content (AvgIpc) is 3.52. The molecule has 0 saturated carbocycles. The van der Waals surface area contributed by atoms with E-state index < -0.39 is 25.9 Å². The maximum Gasteiger partial charge on any atom is 0.422 e. The SMILES string of the molecule is C=C1C[C@H](C[C@@H]2C[C@H](O[Si](C(C)C)(C(C)C)C(C)C)C[C@H](c3coc(CBr)n3)O2)O[C@@H](CC#CC(=O)N(C(=O)OC(C)(C)C)c2ccccc2)C1. The third kappa shape index (κ3) is 10.9. The third-order valence-electron chi connectivity index (χ3n) is 9.71. The minimum atomic E-state index is -2.15. The molecule has 0 unspecified atom stereocenters. The Morgan fingerprint density at radius 3 is 2.24 bits per heavy atom. The van der Waals surface area contributed by atoms with E-state index in [4.69, 9.17) is 28.0 Å². The van der Waals surface area contributed by atoms with Crippen LogP contribution in [0.25, 0.3) is 0 Å². The molecule has 4 rings (SSSR count). The normalized spacial score (nSPS) is 22.9. The lowest BCUT2D eigenvalue weighted by Gasteiger charge is -2.47. The summed E-state index contributed by atoms with van der Waals surface area (Å²) in [6.45, 7) is 23.5. The standard InChI is InChI=1S/C40H57BrN2O7Si/c1-26(2)51(27(3)4,28(5)6)50-34-22-33(48-36(23-34)35-25-46-37(24-41)42-35)21-32-20-29(7)19-31(47-32)17-14-18-38(44)43(30-15-12-11-13-16-30)39(45)49-40(8,9)10/h11-13,15-16,25-28,31-34,36H,7,17,19-24H2,1-6,8-10H3/t31-,32+,33+,34-,36+/m0/s1. The number of aromatic nitrogens is 1. The molecular weight excluding hydrogens is 728 g/mol. The van der Waals surface area contributed by atoms with Crippen molar-refractivity contribution in [3.05, 3.63) is 60.3 Å². The van der Waals surface area contributed by atoms with Crippen LogP contribution in [0, 0.1) is 11.8 Å². The molecule has 1 aromatic carbocycles. The lowest BCUT2D eigenvalue weighted by molar-refractivity contribution is -0.125. The van der Waals surface area contributed by atoms with Crippen molar-refractivity contribution in [2.45, 2.75) is 159 Å². The van der Waals surface area contributed by atoms with Crippen molar-refractivity contribution < 1.29 is 32.6 Å². The number of benzene rings is 1. The van der Waals surface area contributed by atoms with Crippen LogP contribution in [0.4, 0.5) is 10.5 Å². The maximum absolute atomic E-state index is 13.3. The van der Waals surface area contributed by atoms with E-state index in [2.05, 4.69) is 75.9 Å². The Balaban J connectivity index is 1.48. The molecule has 2 aromatic rings. The Labute approximate surface area is 314 Å². The number of hydrogen-bond acceptors (Lipinski definition) is 8. The molecular formula is C40H57BrN2O7Si. The number of nitrogens with zero attached hydrogens (tertiary/aromatic N) is 2. The molecule has 0 radical (unpaired) electrons. The van der Waals surface area contributed by atoms with Crippen molar-refractivity contribution in [2.75, 3.05) is 4.90 Å². The summed E-state index contributed by atoms with van der Waals surface area (Å²) in [6.07, 6.45) is 4.07. The second-order valence-corrected chi connectivity index (χ2v) is 21.8. The molecule has 9 nitrogen and oxygen atoms in total. The fourth-order valence-corrected chi connectivity index (χ4v) is 13.6. The quantitative estimate of drug-likeness (QED) is 0.0961. The molecule has 0 spiro atoms. The van der Waals surface area contributed by atoms with E-state index in [0.29, 0.717) is 52.8 Å². The second kappa shape index (κ2) is 17.8. The van der Waals surface area contributed by atoms with E-state index in [9.17, 15) is 9.59 Å². The predicted molar refractivity (Wildman–Crippen MR) is 206 cm³/mol. The van der Waals surface area contributed by atoms with E-state index in [1.54, 1.807) is 51.3 Å². The van der Waals surface area contributed by atoms with E-state index in [1.165, 1.54) is 0 Å². The highest BCUT2D eigenvalue weighted by Gasteiger charge is 2.48. The Morgan fingerprint density at radius 1 is 1.00 bits per heavy atom. The van der Waals surface area contributed by atoms with Gasteiger partial charge in [0.25, 0.3) is 0 Å². The molecule has 11 heteroatoms. The lowest BCUT2D eigenvalue weighted by Crippen LogP contribution is -2.52. The van der Waals surface area contributed by atoms with Crippen LogP contribution in [0.15, 0.2) is 53.2 Å². The predicted octanol–water partition coefficient (Wildman–Crippen LogP) is 10.2. The third-order valence-corrected chi connectivity index (χ3v) is 16.3. The zero-order chi connectivity index (χ0) is 37.5. The number of halogens is 1. The first-order chi connectivity index (χ1) is 24.0. The summed E-state index contributed by atoms with van der Waals surface area (Å²) >= 11 is 3.45. The van der Waals surface area contributed by atoms with Gasteiger partial charge in [-0.05, 0) is 74.7 Å². The summed E-state index contributed by atoms with van der Waals surface area (Å²) in [4.78, 5) is 32.0. The van der Waals surface area contributed by atoms with Crippen molar-refractivity contribution in [3.8, 4) is 11.8 Å². The van der Waals surface area contributed by atoms with Gasteiger partial charge in [-0.25, -0.2) is 14.7 Å². The molecule has 2 amide bonds. The highest BCUT2D eigenvalue weighted by molar-refractivity contribution is 9.08. The Morgan fingerprint density at radius 2 is 1.65 bits per heavy atom. The van der Waals surface area contributed by atoms with Crippen molar-refractivity contribution in [1.29, 1.82) is 0 Å². The van der Waals surface area contributed by atoms with Crippen LogP contribution in [-0.2, 0) is 28.8 Å². The summed E-state index contributed by atoms with van der Waals surface area (Å²) in [5.74, 6) is 5.61. The van der Waals surface area contributed by atoms with Crippen LogP contribution in [0.1, 0.15) is 119 Å². The second-order valence-electron chi connectivity index (χ2n) is 15.8. The van der Waals surface area contributed by atoms with Gasteiger partial charge >= 0.3 is 12.0 Å². The van der Waals surface area contributed by atoms with Gasteiger partial charge in [-0.15, -0.1) is 0 Å². The van der Waals surface area contributed by atoms with E-state index in [0.717, 1.165) is 35.4 Å². The fraction of sp³-hybridized carbons (Fsp3) is 0.625. The number of carbonyl (C=O) groups excluding carboxylic acids is 2. The smallest absolute Gasteiger partial charge is 0.422 e. The number of anilines is 1. The first-order valence-electron chi connectivity index (χ1n) is 18.3. The first-order valence-corrected chi connectivity index (χ1v) is 21.5. The van der Waals surface area contributed by atoms with Crippen LogP contribution in [-0.4, -0.2) is 55.3 Å². The van der Waals surface area contributed by atoms with Gasteiger partial charge in [-0.3, -0.25) is 4.79 Å². The Bertz CT molecular complexity index is 1520. The van der Waals surface area contributed by atoms with Gasteiger partial charge in [0.2, 0.25) is 14.2 Å². The molecule has 2 fully saturated rings. The van der Waals surface area contributed by atoms with Crippen LogP contribution in [0.3, 0.4) is 0 Å². The number of rotatable bonds is 11. The van der Waals surface area contributed by atoms with Crippen molar-refractivity contribution in [3.63, 3.8) is 0 Å². The number of amides is 2. The maximum atomic E-state index is 13.3. The van der Waals surface area contributed by atoms with Gasteiger partial charge in [0, 0.05) is 19.3 Å². The monoisotopic (exact) mass is 784 g/mol. The molecule has 2 aliphatic heterocycles. The molecule has 5 atom stereocenters. The van der Waals surface area contributed by atoms with Crippen molar-refractivity contribution in [1.82, 2.24) is 4.98 Å². The van der Waals surface area contributed by atoms with E-state index >= 15 is 0 Å². The number of carbonyl (C=O) groups is 2. The largest absolute Gasteiger partial charge is 0.448 e. The highest BCUT2D eigenvalue weighted by atomic mass is 79.9. The number of oxazole rings is 1. The molecule has 2 saturated heterocycles. The topological polar surface area (TPSA) is 100 Å². The molecule has 3 heterocycles. The van der Waals surface area contributed by atoms with Gasteiger partial charge < -0.3 is 23.1 Å². The van der Waals surface area contributed by atoms with Gasteiger partial charge in [0.05, 0.1) is 35.4 Å². The van der Waals surface area contributed by atoms with E-state index in [1.807, 2.05) is 6.07 Å². The van der Waals surface area contributed by atoms with E-state index in [-0.39, 0.29) is 30.5 Å². The Hall–Kier alpha value is -2.75. The summed E-state index contributed by atoms with van der Waals surface area (Å²) in [5.41, 5.74) is 2.88. The molecule has 280 valence electrons. The molecule has 2 aliphatic rings. The van der Waals surface area contributed by atoms with Gasteiger partial charge in [0.15, 0.2) is 0 Å². The summed E-state index contributed by atoms with van der Waals surface area (Å²) in [7, 11) is -2.15. The van der Waals surface area contributed by atoms with Crippen molar-refractivity contribution in [2.24, 2.45) is 0 Å².